The van der Waals surface area contributed by atoms with Gasteiger partial charge in [0.1, 0.15) is 10.1 Å². The number of pyridine rings is 1. The molecule has 0 bridgehead atoms. The topological polar surface area (TPSA) is 64.7 Å². The number of nitrogens with two attached hydrogens (primary N) is 1. The number of para-hydroxylation sites is 2. The molecule has 5 heteroatoms. The fourth-order valence-electron chi connectivity index (χ4n) is 2.03. The van der Waals surface area contributed by atoms with Crippen LogP contribution in [0.4, 0.5) is 5.82 Å². The number of hydrogen-bond donors (Lipinski definition) is 1. The highest BCUT2D eigenvalue weighted by Gasteiger charge is 2.09. The Bertz CT molecular complexity index is 766. The van der Waals surface area contributed by atoms with Gasteiger partial charge in [-0.1, -0.05) is 12.1 Å². The first-order valence-corrected chi connectivity index (χ1v) is 7.09. The summed E-state index contributed by atoms with van der Waals surface area (Å²) in [6.45, 7) is 4.03. The molecule has 100 valence electrons. The van der Waals surface area contributed by atoms with E-state index in [1.165, 1.54) is 17.3 Å². The minimum atomic E-state index is 0.439. The molecule has 0 saturated carbocycles. The van der Waals surface area contributed by atoms with Gasteiger partial charge in [0.05, 0.1) is 11.0 Å². The van der Waals surface area contributed by atoms with Crippen LogP contribution >= 0.6 is 11.8 Å². The van der Waals surface area contributed by atoms with E-state index in [2.05, 4.69) is 15.0 Å². The number of fused-ring (bicyclic) bond motifs is 1. The summed E-state index contributed by atoms with van der Waals surface area (Å²) >= 11 is 1.45. The molecule has 3 aromatic rings. The number of aryl methyl sites for hydroxylation is 2. The predicted molar refractivity (Wildman–Crippen MR) is 81.8 cm³/mol. The highest BCUT2D eigenvalue weighted by molar-refractivity contribution is 7.99. The van der Waals surface area contributed by atoms with Crippen LogP contribution in [0.1, 0.15) is 11.3 Å². The standard InChI is InChI=1S/C15H14N4S/c1-9-7-10(2)17-13(8-9)20-15-14(16)18-11-5-3-4-6-12(11)19-15/h3-8H,1-2H3,(H2,16,18). The second kappa shape index (κ2) is 5.09. The lowest BCUT2D eigenvalue weighted by Crippen LogP contribution is -1.98. The molecule has 0 fully saturated rings. The summed E-state index contributed by atoms with van der Waals surface area (Å²) in [7, 11) is 0. The molecular formula is C15H14N4S. The molecule has 0 spiro atoms. The highest BCUT2D eigenvalue weighted by Crippen LogP contribution is 2.30. The van der Waals surface area contributed by atoms with Crippen LogP contribution in [0.3, 0.4) is 0 Å². The van der Waals surface area contributed by atoms with Crippen molar-refractivity contribution in [1.82, 2.24) is 15.0 Å². The highest BCUT2D eigenvalue weighted by atomic mass is 32.2. The summed E-state index contributed by atoms with van der Waals surface area (Å²) in [6.07, 6.45) is 0. The number of nitrogen functional groups attached to an aromatic ring is 1. The maximum Gasteiger partial charge on any atom is 0.157 e. The van der Waals surface area contributed by atoms with Crippen LogP contribution in [-0.2, 0) is 0 Å². The molecule has 4 nitrogen and oxygen atoms in total. The van der Waals surface area contributed by atoms with Crippen molar-refractivity contribution in [3.8, 4) is 0 Å². The molecule has 0 saturated heterocycles. The minimum absolute atomic E-state index is 0.439. The van der Waals surface area contributed by atoms with Gasteiger partial charge in [-0.25, -0.2) is 15.0 Å². The Morgan fingerprint density at radius 3 is 2.35 bits per heavy atom. The van der Waals surface area contributed by atoms with Crippen molar-refractivity contribution >= 4 is 28.6 Å². The van der Waals surface area contributed by atoms with Gasteiger partial charge in [-0.2, -0.15) is 0 Å². The molecule has 2 N–H and O–H groups in total. The lowest BCUT2D eigenvalue weighted by atomic mass is 10.3. The summed E-state index contributed by atoms with van der Waals surface area (Å²) in [4.78, 5) is 13.4. The molecule has 2 aromatic heterocycles. The van der Waals surface area contributed by atoms with Gasteiger partial charge >= 0.3 is 0 Å². The lowest BCUT2D eigenvalue weighted by Gasteiger charge is -2.06. The van der Waals surface area contributed by atoms with Gasteiger partial charge in [-0.05, 0) is 55.4 Å². The molecule has 0 aliphatic heterocycles. The summed E-state index contributed by atoms with van der Waals surface area (Å²) in [5.41, 5.74) is 9.80. The molecular weight excluding hydrogens is 268 g/mol. The van der Waals surface area contributed by atoms with Crippen molar-refractivity contribution in [1.29, 1.82) is 0 Å². The molecule has 20 heavy (non-hydrogen) atoms. The monoisotopic (exact) mass is 282 g/mol. The first kappa shape index (κ1) is 12.9. The normalized spacial score (nSPS) is 10.9. The Labute approximate surface area is 121 Å². The third-order valence-electron chi connectivity index (χ3n) is 2.84. The Morgan fingerprint density at radius 2 is 1.65 bits per heavy atom. The summed E-state index contributed by atoms with van der Waals surface area (Å²) < 4.78 is 0. The van der Waals surface area contributed by atoms with Crippen LogP contribution in [0, 0.1) is 13.8 Å². The van der Waals surface area contributed by atoms with E-state index in [0.717, 1.165) is 21.8 Å². The maximum atomic E-state index is 5.99. The smallest absolute Gasteiger partial charge is 0.157 e. The summed E-state index contributed by atoms with van der Waals surface area (Å²) in [5, 5.41) is 1.58. The van der Waals surface area contributed by atoms with Gasteiger partial charge in [0.25, 0.3) is 0 Å². The summed E-state index contributed by atoms with van der Waals surface area (Å²) in [6, 6.07) is 11.8. The fraction of sp³-hybridized carbons (Fsp3) is 0.133. The number of aromatic nitrogens is 3. The number of nitrogens with zero attached hydrogens (tertiary/aromatic N) is 3. The second-order valence-electron chi connectivity index (χ2n) is 4.63. The number of benzene rings is 1. The van der Waals surface area contributed by atoms with Gasteiger partial charge in [-0.3, -0.25) is 0 Å². The Kier molecular flexibility index (Phi) is 3.28. The van der Waals surface area contributed by atoms with E-state index < -0.39 is 0 Å². The molecule has 1 aromatic carbocycles. The average molecular weight is 282 g/mol. The molecule has 2 heterocycles. The van der Waals surface area contributed by atoms with Crippen LogP contribution in [-0.4, -0.2) is 15.0 Å². The molecule has 0 aliphatic rings. The maximum absolute atomic E-state index is 5.99. The molecule has 3 rings (SSSR count). The third-order valence-corrected chi connectivity index (χ3v) is 3.75. The zero-order chi connectivity index (χ0) is 14.1. The van der Waals surface area contributed by atoms with Crippen molar-refractivity contribution in [3.05, 3.63) is 47.7 Å². The van der Waals surface area contributed by atoms with Gasteiger partial charge in [0.15, 0.2) is 5.82 Å². The zero-order valence-electron chi connectivity index (χ0n) is 11.3. The quantitative estimate of drug-likeness (QED) is 0.780. The van der Waals surface area contributed by atoms with Gasteiger partial charge < -0.3 is 5.73 Å². The van der Waals surface area contributed by atoms with Crippen LogP contribution in [0.25, 0.3) is 11.0 Å². The second-order valence-corrected chi connectivity index (χ2v) is 5.64. The largest absolute Gasteiger partial charge is 0.381 e. The summed E-state index contributed by atoms with van der Waals surface area (Å²) in [5.74, 6) is 0.439. The molecule has 0 atom stereocenters. The van der Waals surface area contributed by atoms with E-state index in [-0.39, 0.29) is 0 Å². The van der Waals surface area contributed by atoms with Crippen molar-refractivity contribution in [3.63, 3.8) is 0 Å². The van der Waals surface area contributed by atoms with Crippen molar-refractivity contribution in [2.45, 2.75) is 23.9 Å². The van der Waals surface area contributed by atoms with Crippen LogP contribution in [0.15, 0.2) is 46.5 Å². The number of rotatable bonds is 2. The Balaban J connectivity index is 2.03. The first-order chi connectivity index (χ1) is 9.61. The van der Waals surface area contributed by atoms with Crippen LogP contribution < -0.4 is 5.73 Å². The zero-order valence-corrected chi connectivity index (χ0v) is 12.1. The Morgan fingerprint density at radius 1 is 0.950 bits per heavy atom. The lowest BCUT2D eigenvalue weighted by molar-refractivity contribution is 1.04. The minimum Gasteiger partial charge on any atom is -0.381 e. The van der Waals surface area contributed by atoms with E-state index in [9.17, 15) is 0 Å². The predicted octanol–water partition coefficient (Wildman–Crippen LogP) is 3.38. The van der Waals surface area contributed by atoms with Gasteiger partial charge in [0.2, 0.25) is 0 Å². The van der Waals surface area contributed by atoms with Crippen LogP contribution in [0.5, 0.6) is 0 Å². The Hall–Kier alpha value is -2.14. The van der Waals surface area contributed by atoms with E-state index >= 15 is 0 Å². The average Bonchev–Trinajstić information content (AvgIpc) is 2.38. The molecule has 0 amide bonds. The van der Waals surface area contributed by atoms with Crippen molar-refractivity contribution < 1.29 is 0 Å². The van der Waals surface area contributed by atoms with Crippen LogP contribution in [0.2, 0.25) is 0 Å². The SMILES string of the molecule is Cc1cc(C)nc(Sc2nc3ccccc3nc2N)c1. The number of hydrogen-bond acceptors (Lipinski definition) is 5. The van der Waals surface area contributed by atoms with E-state index in [1.807, 2.05) is 50.2 Å². The number of anilines is 1. The molecule has 0 radical (unpaired) electrons. The fourth-order valence-corrected chi connectivity index (χ4v) is 2.95. The van der Waals surface area contributed by atoms with Crippen molar-refractivity contribution in [2.24, 2.45) is 0 Å². The van der Waals surface area contributed by atoms with E-state index in [4.69, 9.17) is 5.73 Å². The van der Waals surface area contributed by atoms with E-state index in [1.54, 1.807) is 0 Å². The molecule has 0 aliphatic carbocycles. The van der Waals surface area contributed by atoms with Gasteiger partial charge in [-0.15, -0.1) is 0 Å². The first-order valence-electron chi connectivity index (χ1n) is 6.27. The van der Waals surface area contributed by atoms with Gasteiger partial charge in [0, 0.05) is 5.69 Å². The van der Waals surface area contributed by atoms with Crippen molar-refractivity contribution in [2.75, 3.05) is 5.73 Å². The molecule has 0 unspecified atom stereocenters. The third kappa shape index (κ3) is 2.58. The van der Waals surface area contributed by atoms with E-state index in [0.29, 0.717) is 10.8 Å².